The van der Waals surface area contributed by atoms with Gasteiger partial charge in [-0.25, -0.2) is 0 Å². The van der Waals surface area contributed by atoms with Gasteiger partial charge in [0, 0.05) is 0 Å². The van der Waals surface area contributed by atoms with Crippen molar-refractivity contribution in [3.8, 4) is 0 Å². The molecular weight excluding hydrogens is 248 g/mol. The van der Waals surface area contributed by atoms with E-state index in [4.69, 9.17) is 4.55 Å². The van der Waals surface area contributed by atoms with Crippen LogP contribution in [-0.4, -0.2) is 18.2 Å². The molecule has 0 fully saturated rings. The van der Waals surface area contributed by atoms with Crippen molar-refractivity contribution in [1.29, 1.82) is 0 Å². The molecule has 0 aromatic carbocycles. The lowest BCUT2D eigenvalue weighted by atomic mass is 10.1. The van der Waals surface area contributed by atoms with E-state index in [2.05, 4.69) is 6.92 Å². The van der Waals surface area contributed by atoms with Crippen LogP contribution in [0.25, 0.3) is 0 Å². The summed E-state index contributed by atoms with van der Waals surface area (Å²) in [5.74, 6) is 0. The summed E-state index contributed by atoms with van der Waals surface area (Å²) in [4.78, 5) is 0. The molecule has 0 spiro atoms. The third-order valence-corrected chi connectivity index (χ3v) is 4.73. The minimum absolute atomic E-state index is 0.539. The first-order chi connectivity index (χ1) is 8.52. The van der Waals surface area contributed by atoms with E-state index in [1.165, 1.54) is 38.5 Å². The van der Waals surface area contributed by atoms with Gasteiger partial charge >= 0.3 is 0 Å². The van der Waals surface area contributed by atoms with Gasteiger partial charge in [-0.3, -0.25) is 4.55 Å². The maximum atomic E-state index is 11.1. The smallest absolute Gasteiger partial charge is 0.267 e. The van der Waals surface area contributed by atoms with E-state index in [1.54, 1.807) is 0 Å². The Hall–Kier alpha value is -0.0900. The van der Waals surface area contributed by atoms with Gasteiger partial charge in [0.2, 0.25) is 0 Å². The Labute approximate surface area is 113 Å². The second-order valence-corrected chi connectivity index (χ2v) is 6.89. The standard InChI is InChI=1S/C14H30O3S/c1-3-5-6-7-8-9-10-11-13-14(12-4-2)18(15,16)17/h14H,3-13H2,1-2H3,(H,15,16,17). The van der Waals surface area contributed by atoms with Crippen molar-refractivity contribution in [2.45, 2.75) is 89.7 Å². The van der Waals surface area contributed by atoms with Gasteiger partial charge in [-0.1, -0.05) is 71.6 Å². The van der Waals surface area contributed by atoms with E-state index >= 15 is 0 Å². The van der Waals surface area contributed by atoms with Gasteiger partial charge in [0.15, 0.2) is 0 Å². The third kappa shape index (κ3) is 9.89. The van der Waals surface area contributed by atoms with Gasteiger partial charge < -0.3 is 0 Å². The zero-order valence-electron chi connectivity index (χ0n) is 12.0. The first-order valence-electron chi connectivity index (χ1n) is 7.48. The van der Waals surface area contributed by atoms with E-state index in [-0.39, 0.29) is 0 Å². The zero-order valence-corrected chi connectivity index (χ0v) is 12.8. The molecule has 0 aliphatic carbocycles. The molecule has 1 N–H and O–H groups in total. The maximum Gasteiger partial charge on any atom is 0.267 e. The first-order valence-corrected chi connectivity index (χ1v) is 8.99. The van der Waals surface area contributed by atoms with Crippen LogP contribution in [0.2, 0.25) is 0 Å². The fourth-order valence-corrected chi connectivity index (χ4v) is 3.27. The van der Waals surface area contributed by atoms with Gasteiger partial charge in [-0.15, -0.1) is 0 Å². The van der Waals surface area contributed by atoms with Gasteiger partial charge in [-0.2, -0.15) is 8.42 Å². The maximum absolute atomic E-state index is 11.1. The quantitative estimate of drug-likeness (QED) is 0.420. The Morgan fingerprint density at radius 1 is 0.778 bits per heavy atom. The highest BCUT2D eigenvalue weighted by molar-refractivity contribution is 7.86. The second-order valence-electron chi connectivity index (χ2n) is 5.19. The van der Waals surface area contributed by atoms with Gasteiger partial charge in [-0.05, 0) is 12.8 Å². The van der Waals surface area contributed by atoms with Crippen molar-refractivity contribution >= 4 is 10.1 Å². The molecule has 18 heavy (non-hydrogen) atoms. The third-order valence-electron chi connectivity index (χ3n) is 3.41. The van der Waals surface area contributed by atoms with Crippen molar-refractivity contribution in [1.82, 2.24) is 0 Å². The predicted molar refractivity (Wildman–Crippen MR) is 77.5 cm³/mol. The molecule has 0 bridgehead atoms. The largest absolute Gasteiger partial charge is 0.285 e. The summed E-state index contributed by atoms with van der Waals surface area (Å²) < 4.78 is 31.3. The lowest BCUT2D eigenvalue weighted by Gasteiger charge is -2.12. The molecule has 0 heterocycles. The van der Waals surface area contributed by atoms with Crippen molar-refractivity contribution in [3.05, 3.63) is 0 Å². The number of hydrogen-bond donors (Lipinski definition) is 1. The number of unbranched alkanes of at least 4 members (excludes halogenated alkanes) is 7. The molecule has 0 rings (SSSR count). The van der Waals surface area contributed by atoms with Crippen molar-refractivity contribution < 1.29 is 13.0 Å². The Bertz CT molecular complexity index is 273. The van der Waals surface area contributed by atoms with E-state index in [1.807, 2.05) is 6.92 Å². The number of hydrogen-bond acceptors (Lipinski definition) is 2. The molecule has 0 aliphatic rings. The summed E-state index contributed by atoms with van der Waals surface area (Å²) >= 11 is 0. The van der Waals surface area contributed by atoms with Crippen LogP contribution < -0.4 is 0 Å². The average molecular weight is 278 g/mol. The number of rotatable bonds is 12. The summed E-state index contributed by atoms with van der Waals surface area (Å²) in [6.45, 7) is 4.16. The van der Waals surface area contributed by atoms with E-state index < -0.39 is 15.4 Å². The molecule has 0 radical (unpaired) electrons. The average Bonchev–Trinajstić information content (AvgIpc) is 2.30. The van der Waals surface area contributed by atoms with Crippen LogP contribution in [0.4, 0.5) is 0 Å². The minimum Gasteiger partial charge on any atom is -0.285 e. The van der Waals surface area contributed by atoms with Crippen molar-refractivity contribution in [2.24, 2.45) is 0 Å². The summed E-state index contributed by atoms with van der Waals surface area (Å²) in [5, 5.41) is -0.539. The van der Waals surface area contributed by atoms with Crippen LogP contribution >= 0.6 is 0 Å². The SMILES string of the molecule is CCCCCCCCCCC(CCC)S(=O)(=O)O. The van der Waals surface area contributed by atoms with Crippen molar-refractivity contribution in [2.75, 3.05) is 0 Å². The Balaban J connectivity index is 3.56. The molecule has 3 nitrogen and oxygen atoms in total. The molecule has 0 saturated heterocycles. The normalized spacial score (nSPS) is 13.7. The molecule has 0 aliphatic heterocycles. The first kappa shape index (κ1) is 17.9. The van der Waals surface area contributed by atoms with E-state index in [0.717, 1.165) is 19.3 Å². The summed E-state index contributed by atoms with van der Waals surface area (Å²) in [5.41, 5.74) is 0. The fraction of sp³-hybridized carbons (Fsp3) is 1.00. The molecule has 110 valence electrons. The Morgan fingerprint density at radius 3 is 1.72 bits per heavy atom. The molecule has 1 atom stereocenters. The van der Waals surface area contributed by atoms with Crippen LogP contribution in [0.5, 0.6) is 0 Å². The van der Waals surface area contributed by atoms with Crippen LogP contribution in [-0.2, 0) is 10.1 Å². The lowest BCUT2D eigenvalue weighted by Crippen LogP contribution is -2.20. The highest BCUT2D eigenvalue weighted by Crippen LogP contribution is 2.17. The Kier molecular flexibility index (Phi) is 10.7. The predicted octanol–water partition coefficient (Wildman–Crippen LogP) is 4.57. The second kappa shape index (κ2) is 10.8. The highest BCUT2D eigenvalue weighted by atomic mass is 32.2. The van der Waals surface area contributed by atoms with Gasteiger partial charge in [0.1, 0.15) is 0 Å². The lowest BCUT2D eigenvalue weighted by molar-refractivity contribution is 0.448. The summed E-state index contributed by atoms with van der Waals surface area (Å²) in [6.07, 6.45) is 11.6. The molecule has 0 aromatic heterocycles. The zero-order chi connectivity index (χ0) is 13.9. The topological polar surface area (TPSA) is 54.4 Å². The van der Waals surface area contributed by atoms with E-state index in [9.17, 15) is 8.42 Å². The molecule has 1 unspecified atom stereocenters. The van der Waals surface area contributed by atoms with Crippen LogP contribution in [0.15, 0.2) is 0 Å². The minimum atomic E-state index is -3.83. The van der Waals surface area contributed by atoms with E-state index in [0.29, 0.717) is 12.8 Å². The van der Waals surface area contributed by atoms with Gasteiger partial charge in [0.25, 0.3) is 10.1 Å². The molecule has 4 heteroatoms. The molecule has 0 saturated carbocycles. The van der Waals surface area contributed by atoms with Gasteiger partial charge in [0.05, 0.1) is 5.25 Å². The molecule has 0 aromatic rings. The fourth-order valence-electron chi connectivity index (χ4n) is 2.27. The van der Waals surface area contributed by atoms with Crippen LogP contribution in [0.3, 0.4) is 0 Å². The summed E-state index contributed by atoms with van der Waals surface area (Å²) in [7, 11) is -3.83. The summed E-state index contributed by atoms with van der Waals surface area (Å²) in [6, 6.07) is 0. The molecule has 0 amide bonds. The van der Waals surface area contributed by atoms with Crippen molar-refractivity contribution in [3.63, 3.8) is 0 Å². The molecular formula is C14H30O3S. The van der Waals surface area contributed by atoms with Crippen LogP contribution in [0.1, 0.15) is 84.5 Å². The Morgan fingerprint density at radius 2 is 1.28 bits per heavy atom. The monoisotopic (exact) mass is 278 g/mol. The van der Waals surface area contributed by atoms with Crippen LogP contribution in [0, 0.1) is 0 Å². The highest BCUT2D eigenvalue weighted by Gasteiger charge is 2.20.